The summed E-state index contributed by atoms with van der Waals surface area (Å²) in [6.07, 6.45) is 0.977. The Morgan fingerprint density at radius 2 is 1.81 bits per heavy atom. The van der Waals surface area contributed by atoms with Gasteiger partial charge in [0.25, 0.3) is 0 Å². The van der Waals surface area contributed by atoms with Crippen LogP contribution in [0.25, 0.3) is 0 Å². The van der Waals surface area contributed by atoms with Crippen molar-refractivity contribution < 1.29 is 14.7 Å². The highest BCUT2D eigenvalue weighted by Gasteiger charge is 2.20. The first-order valence-corrected chi connectivity index (χ1v) is 5.58. The van der Waals surface area contributed by atoms with Crippen LogP contribution in [0.4, 0.5) is 0 Å². The third-order valence-electron chi connectivity index (χ3n) is 2.26. The van der Waals surface area contributed by atoms with Gasteiger partial charge in [0, 0.05) is 6.04 Å². The summed E-state index contributed by atoms with van der Waals surface area (Å²) in [6.45, 7) is 6.57. The summed E-state index contributed by atoms with van der Waals surface area (Å²) in [6, 6.07) is -0.0846. The molecule has 0 aliphatic carbocycles. The monoisotopic (exact) mass is 230 g/mol. The van der Waals surface area contributed by atoms with Gasteiger partial charge in [0.05, 0.1) is 6.54 Å². The second-order valence-electron chi connectivity index (χ2n) is 4.25. The van der Waals surface area contributed by atoms with Crippen molar-refractivity contribution in [2.75, 3.05) is 26.7 Å². The van der Waals surface area contributed by atoms with Crippen LogP contribution in [0, 0.1) is 0 Å². The predicted molar refractivity (Wildman–Crippen MR) is 62.3 cm³/mol. The topological polar surface area (TPSA) is 60.9 Å². The molecule has 0 unspecified atom stereocenters. The molecule has 0 bridgehead atoms. The fraction of sp³-hybridized carbons (Fsp3) is 0.818. The third-order valence-corrected chi connectivity index (χ3v) is 2.26. The largest absolute Gasteiger partial charge is 0.480 e. The van der Waals surface area contributed by atoms with Crippen LogP contribution in [-0.4, -0.2) is 59.5 Å². The van der Waals surface area contributed by atoms with Gasteiger partial charge in [-0.15, -0.1) is 0 Å². The van der Waals surface area contributed by atoms with Crippen molar-refractivity contribution in [1.82, 2.24) is 9.80 Å². The maximum atomic E-state index is 11.8. The fourth-order valence-electron chi connectivity index (χ4n) is 1.49. The Hall–Kier alpha value is -1.10. The number of nitrogens with zero attached hydrogens (tertiary/aromatic N) is 2. The van der Waals surface area contributed by atoms with Crippen molar-refractivity contribution in [3.05, 3.63) is 0 Å². The van der Waals surface area contributed by atoms with Crippen LogP contribution in [0.1, 0.15) is 27.2 Å². The number of carbonyl (C=O) groups is 2. The van der Waals surface area contributed by atoms with Gasteiger partial charge in [-0.3, -0.25) is 14.5 Å². The molecular formula is C11H22N2O3. The van der Waals surface area contributed by atoms with Crippen LogP contribution in [0.5, 0.6) is 0 Å². The lowest BCUT2D eigenvalue weighted by atomic mass is 10.3. The van der Waals surface area contributed by atoms with E-state index in [9.17, 15) is 9.59 Å². The van der Waals surface area contributed by atoms with Crippen molar-refractivity contribution >= 4 is 11.9 Å². The van der Waals surface area contributed by atoms with E-state index in [2.05, 4.69) is 0 Å². The minimum Gasteiger partial charge on any atom is -0.480 e. The highest BCUT2D eigenvalue weighted by Crippen LogP contribution is 2.00. The summed E-state index contributed by atoms with van der Waals surface area (Å²) in [7, 11) is 1.86. The standard InChI is InChI=1S/C11H22N2O3/c1-5-6-12(4)7-10(14)13(9(2)3)8-11(15)16/h9H,5-8H2,1-4H3,(H,15,16). The van der Waals surface area contributed by atoms with Crippen LogP contribution in [0.2, 0.25) is 0 Å². The van der Waals surface area contributed by atoms with Crippen LogP contribution in [-0.2, 0) is 9.59 Å². The van der Waals surface area contributed by atoms with Gasteiger partial charge in [-0.1, -0.05) is 6.92 Å². The predicted octanol–water partition coefficient (Wildman–Crippen LogP) is 0.650. The minimum absolute atomic E-state index is 0.0846. The number of aliphatic carboxylic acids is 1. The van der Waals surface area contributed by atoms with E-state index in [0.717, 1.165) is 13.0 Å². The Bertz CT molecular complexity index is 241. The molecule has 16 heavy (non-hydrogen) atoms. The van der Waals surface area contributed by atoms with Crippen LogP contribution in [0.3, 0.4) is 0 Å². The first-order valence-electron chi connectivity index (χ1n) is 5.58. The maximum absolute atomic E-state index is 11.8. The smallest absolute Gasteiger partial charge is 0.323 e. The van der Waals surface area contributed by atoms with Gasteiger partial charge in [0.1, 0.15) is 6.54 Å². The molecule has 0 aromatic rings. The lowest BCUT2D eigenvalue weighted by Gasteiger charge is -2.27. The third kappa shape index (κ3) is 5.70. The molecule has 0 radical (unpaired) electrons. The van der Waals surface area contributed by atoms with Crippen molar-refractivity contribution in [1.29, 1.82) is 0 Å². The summed E-state index contributed by atoms with van der Waals surface area (Å²) < 4.78 is 0. The van der Waals surface area contributed by atoms with E-state index in [4.69, 9.17) is 5.11 Å². The zero-order valence-electron chi connectivity index (χ0n) is 10.6. The SMILES string of the molecule is CCCN(C)CC(=O)N(CC(=O)O)C(C)C. The van der Waals surface area contributed by atoms with E-state index >= 15 is 0 Å². The first kappa shape index (κ1) is 14.9. The Labute approximate surface area is 97.0 Å². The number of likely N-dealkylation sites (N-methyl/N-ethyl adjacent to an activating group) is 1. The van der Waals surface area contributed by atoms with Gasteiger partial charge >= 0.3 is 5.97 Å². The molecular weight excluding hydrogens is 208 g/mol. The second kappa shape index (κ2) is 7.22. The Morgan fingerprint density at radius 1 is 1.25 bits per heavy atom. The average Bonchev–Trinajstić information content (AvgIpc) is 2.13. The van der Waals surface area contributed by atoms with Gasteiger partial charge < -0.3 is 10.0 Å². The molecule has 5 heteroatoms. The number of rotatable bonds is 7. The van der Waals surface area contributed by atoms with Crippen LogP contribution in [0.15, 0.2) is 0 Å². The minimum atomic E-state index is -0.972. The second-order valence-corrected chi connectivity index (χ2v) is 4.25. The molecule has 0 aromatic heterocycles. The Balaban J connectivity index is 4.32. The van der Waals surface area contributed by atoms with Gasteiger partial charge in [0.15, 0.2) is 0 Å². The van der Waals surface area contributed by atoms with Gasteiger partial charge in [-0.2, -0.15) is 0 Å². The molecule has 0 aromatic carbocycles. The lowest BCUT2D eigenvalue weighted by Crippen LogP contribution is -2.45. The molecule has 0 rings (SSSR count). The van der Waals surface area contributed by atoms with Crippen molar-refractivity contribution in [2.45, 2.75) is 33.2 Å². The normalized spacial score (nSPS) is 10.9. The van der Waals surface area contributed by atoms with E-state index in [1.54, 1.807) is 0 Å². The number of hydrogen-bond donors (Lipinski definition) is 1. The van der Waals surface area contributed by atoms with E-state index in [-0.39, 0.29) is 25.0 Å². The van der Waals surface area contributed by atoms with Gasteiger partial charge in [-0.05, 0) is 33.9 Å². The Kier molecular flexibility index (Phi) is 6.72. The summed E-state index contributed by atoms with van der Waals surface area (Å²) in [5.41, 5.74) is 0. The molecule has 5 nitrogen and oxygen atoms in total. The van der Waals surface area contributed by atoms with Crippen LogP contribution >= 0.6 is 0 Å². The molecule has 0 aliphatic rings. The molecule has 1 amide bonds. The zero-order valence-corrected chi connectivity index (χ0v) is 10.6. The lowest BCUT2D eigenvalue weighted by molar-refractivity contribution is -0.146. The van der Waals surface area contributed by atoms with Crippen molar-refractivity contribution in [3.63, 3.8) is 0 Å². The quantitative estimate of drug-likeness (QED) is 0.697. The Morgan fingerprint density at radius 3 is 2.19 bits per heavy atom. The maximum Gasteiger partial charge on any atom is 0.323 e. The summed E-state index contributed by atoms with van der Waals surface area (Å²) in [5.74, 6) is -1.10. The van der Waals surface area contributed by atoms with Gasteiger partial charge in [0.2, 0.25) is 5.91 Å². The van der Waals surface area contributed by atoms with Crippen molar-refractivity contribution in [2.24, 2.45) is 0 Å². The van der Waals surface area contributed by atoms with Gasteiger partial charge in [-0.25, -0.2) is 0 Å². The number of amides is 1. The summed E-state index contributed by atoms with van der Waals surface area (Å²) >= 11 is 0. The number of hydrogen-bond acceptors (Lipinski definition) is 3. The average molecular weight is 230 g/mol. The fourth-order valence-corrected chi connectivity index (χ4v) is 1.49. The molecule has 0 aliphatic heterocycles. The molecule has 0 saturated heterocycles. The van der Waals surface area contributed by atoms with E-state index in [1.807, 2.05) is 32.7 Å². The highest BCUT2D eigenvalue weighted by molar-refractivity contribution is 5.83. The van der Waals surface area contributed by atoms with E-state index in [1.165, 1.54) is 4.90 Å². The molecule has 94 valence electrons. The van der Waals surface area contributed by atoms with E-state index < -0.39 is 5.97 Å². The molecule has 0 atom stereocenters. The summed E-state index contributed by atoms with van der Waals surface area (Å²) in [4.78, 5) is 25.7. The van der Waals surface area contributed by atoms with E-state index in [0.29, 0.717) is 0 Å². The first-order chi connectivity index (χ1) is 7.38. The number of carboxylic acids is 1. The molecule has 0 heterocycles. The molecule has 1 N–H and O–H groups in total. The highest BCUT2D eigenvalue weighted by atomic mass is 16.4. The zero-order chi connectivity index (χ0) is 12.7. The molecule has 0 spiro atoms. The van der Waals surface area contributed by atoms with Crippen molar-refractivity contribution in [3.8, 4) is 0 Å². The molecule has 0 fully saturated rings. The van der Waals surface area contributed by atoms with Crippen LogP contribution < -0.4 is 0 Å². The summed E-state index contributed by atoms with van der Waals surface area (Å²) in [5, 5.41) is 8.71. The molecule has 0 saturated carbocycles. The number of carboxylic acid groups (broad SMARTS) is 1. The number of carbonyl (C=O) groups excluding carboxylic acids is 1.